The molecular formula is C20H23N3O2. The van der Waals surface area contributed by atoms with E-state index < -0.39 is 0 Å². The number of rotatable bonds is 7. The van der Waals surface area contributed by atoms with Crippen molar-refractivity contribution in [2.75, 3.05) is 6.61 Å². The third-order valence-electron chi connectivity index (χ3n) is 4.10. The van der Waals surface area contributed by atoms with Gasteiger partial charge in [-0.1, -0.05) is 12.1 Å². The lowest BCUT2D eigenvalue weighted by Gasteiger charge is -2.08. The van der Waals surface area contributed by atoms with Gasteiger partial charge in [0.25, 0.3) is 0 Å². The zero-order chi connectivity index (χ0) is 17.8. The smallest absolute Gasteiger partial charge is 0.141 e. The second kappa shape index (κ2) is 7.57. The van der Waals surface area contributed by atoms with E-state index >= 15 is 0 Å². The standard InChI is InChI=1S/C20H23N3O2/c1-14(2)25-7-6-19(24)10-18-9-17-8-15(4-5-16(17)11-22-18)20-12-21-13-23(20)3/h4-5,8-9,11-14H,6-7,10H2,1-3H3. The number of hydrogen-bond acceptors (Lipinski definition) is 4. The average Bonchev–Trinajstić information content (AvgIpc) is 3.00. The Morgan fingerprint density at radius 3 is 2.76 bits per heavy atom. The van der Waals surface area contributed by atoms with Gasteiger partial charge < -0.3 is 9.30 Å². The quantitative estimate of drug-likeness (QED) is 0.661. The minimum Gasteiger partial charge on any atom is -0.378 e. The molecule has 3 rings (SSSR count). The largest absolute Gasteiger partial charge is 0.378 e. The lowest BCUT2D eigenvalue weighted by molar-refractivity contribution is -0.119. The molecule has 2 aromatic heterocycles. The van der Waals surface area contributed by atoms with E-state index in [1.807, 2.05) is 50.0 Å². The van der Waals surface area contributed by atoms with Crippen molar-refractivity contribution in [3.8, 4) is 11.3 Å². The van der Waals surface area contributed by atoms with Crippen molar-refractivity contribution in [3.05, 3.63) is 48.7 Å². The van der Waals surface area contributed by atoms with Crippen LogP contribution < -0.4 is 0 Å². The predicted molar refractivity (Wildman–Crippen MR) is 98.4 cm³/mol. The predicted octanol–water partition coefficient (Wildman–Crippen LogP) is 3.56. The van der Waals surface area contributed by atoms with E-state index in [1.165, 1.54) is 0 Å². The van der Waals surface area contributed by atoms with Crippen LogP contribution in [0.25, 0.3) is 22.0 Å². The second-order valence-electron chi connectivity index (χ2n) is 6.51. The van der Waals surface area contributed by atoms with Gasteiger partial charge in [0, 0.05) is 42.7 Å². The van der Waals surface area contributed by atoms with Crippen LogP contribution in [-0.2, 0) is 23.0 Å². The number of aryl methyl sites for hydroxylation is 1. The number of hydrogen-bond donors (Lipinski definition) is 0. The van der Waals surface area contributed by atoms with Gasteiger partial charge in [-0.2, -0.15) is 0 Å². The molecule has 0 amide bonds. The Labute approximate surface area is 147 Å². The van der Waals surface area contributed by atoms with Crippen LogP contribution in [0.15, 0.2) is 43.0 Å². The van der Waals surface area contributed by atoms with Crippen LogP contribution in [0, 0.1) is 0 Å². The van der Waals surface area contributed by atoms with Gasteiger partial charge in [0.15, 0.2) is 0 Å². The van der Waals surface area contributed by atoms with Crippen LogP contribution in [0.1, 0.15) is 26.0 Å². The summed E-state index contributed by atoms with van der Waals surface area (Å²) in [5, 5.41) is 2.14. The topological polar surface area (TPSA) is 57.0 Å². The zero-order valence-electron chi connectivity index (χ0n) is 14.9. The lowest BCUT2D eigenvalue weighted by Crippen LogP contribution is -2.11. The molecule has 0 aliphatic carbocycles. The van der Waals surface area contributed by atoms with E-state index in [-0.39, 0.29) is 11.9 Å². The summed E-state index contributed by atoms with van der Waals surface area (Å²) in [6, 6.07) is 8.22. The monoisotopic (exact) mass is 337 g/mol. The number of pyridine rings is 1. The van der Waals surface area contributed by atoms with Crippen LogP contribution in [0.2, 0.25) is 0 Å². The van der Waals surface area contributed by atoms with Crippen LogP contribution >= 0.6 is 0 Å². The number of ether oxygens (including phenoxy) is 1. The van der Waals surface area contributed by atoms with Crippen molar-refractivity contribution in [1.29, 1.82) is 0 Å². The normalized spacial score (nSPS) is 11.4. The number of carbonyl (C=O) groups is 1. The summed E-state index contributed by atoms with van der Waals surface area (Å²) in [7, 11) is 1.97. The minimum absolute atomic E-state index is 0.148. The minimum atomic E-state index is 0.148. The Morgan fingerprint density at radius 2 is 2.04 bits per heavy atom. The maximum absolute atomic E-state index is 12.1. The first-order valence-corrected chi connectivity index (χ1v) is 8.51. The van der Waals surface area contributed by atoms with E-state index in [1.54, 1.807) is 6.33 Å². The summed E-state index contributed by atoms with van der Waals surface area (Å²) in [4.78, 5) is 20.7. The average molecular weight is 337 g/mol. The molecule has 0 fully saturated rings. The third-order valence-corrected chi connectivity index (χ3v) is 4.10. The lowest BCUT2D eigenvalue weighted by atomic mass is 10.0. The SMILES string of the molecule is CC(C)OCCC(=O)Cc1cc2cc(-c3cncn3C)ccc2cn1. The van der Waals surface area contributed by atoms with E-state index in [4.69, 9.17) is 4.74 Å². The number of benzene rings is 1. The highest BCUT2D eigenvalue weighted by Gasteiger charge is 2.08. The number of fused-ring (bicyclic) bond motifs is 1. The first-order chi connectivity index (χ1) is 12.0. The second-order valence-corrected chi connectivity index (χ2v) is 6.51. The van der Waals surface area contributed by atoms with Gasteiger partial charge >= 0.3 is 0 Å². The molecule has 3 aromatic rings. The number of Topliss-reactive ketones (excluding diaryl/α,β-unsaturated/α-hetero) is 1. The van der Waals surface area contributed by atoms with Gasteiger partial charge in [-0.15, -0.1) is 0 Å². The van der Waals surface area contributed by atoms with Crippen molar-refractivity contribution in [2.24, 2.45) is 7.05 Å². The highest BCUT2D eigenvalue weighted by atomic mass is 16.5. The number of imidazole rings is 1. The van der Waals surface area contributed by atoms with Gasteiger partial charge in [-0.25, -0.2) is 4.98 Å². The molecular weight excluding hydrogens is 314 g/mol. The molecule has 25 heavy (non-hydrogen) atoms. The first kappa shape index (κ1) is 17.3. The number of carbonyl (C=O) groups excluding carboxylic acids is 1. The van der Waals surface area contributed by atoms with Crippen molar-refractivity contribution >= 4 is 16.6 Å². The highest BCUT2D eigenvalue weighted by Crippen LogP contribution is 2.24. The fraction of sp³-hybridized carbons (Fsp3) is 0.350. The van der Waals surface area contributed by atoms with Crippen LogP contribution in [-0.4, -0.2) is 33.0 Å². The van der Waals surface area contributed by atoms with Crippen molar-refractivity contribution in [3.63, 3.8) is 0 Å². The van der Waals surface area contributed by atoms with Crippen molar-refractivity contribution in [2.45, 2.75) is 32.8 Å². The van der Waals surface area contributed by atoms with E-state index in [9.17, 15) is 4.79 Å². The molecule has 5 nitrogen and oxygen atoms in total. The molecule has 0 unspecified atom stereocenters. The molecule has 0 aliphatic rings. The third kappa shape index (κ3) is 4.31. The molecule has 5 heteroatoms. The van der Waals surface area contributed by atoms with Crippen LogP contribution in [0.3, 0.4) is 0 Å². The molecule has 0 spiro atoms. The fourth-order valence-corrected chi connectivity index (χ4v) is 2.78. The molecule has 0 saturated heterocycles. The molecule has 0 bridgehead atoms. The van der Waals surface area contributed by atoms with Crippen LogP contribution in [0.5, 0.6) is 0 Å². The van der Waals surface area contributed by atoms with Gasteiger partial charge in [-0.3, -0.25) is 9.78 Å². The molecule has 130 valence electrons. The molecule has 0 aliphatic heterocycles. The first-order valence-electron chi connectivity index (χ1n) is 8.51. The highest BCUT2D eigenvalue weighted by molar-refractivity contribution is 5.88. The summed E-state index contributed by atoms with van der Waals surface area (Å²) in [6.45, 7) is 4.40. The van der Waals surface area contributed by atoms with Gasteiger partial charge in [0.2, 0.25) is 0 Å². The van der Waals surface area contributed by atoms with E-state index in [0.29, 0.717) is 19.4 Å². The number of nitrogens with zero attached hydrogens (tertiary/aromatic N) is 3. The van der Waals surface area contributed by atoms with Crippen molar-refractivity contribution < 1.29 is 9.53 Å². The van der Waals surface area contributed by atoms with Gasteiger partial charge in [-0.05, 0) is 31.4 Å². The Balaban J connectivity index is 1.77. The Bertz CT molecular complexity index is 884. The fourth-order valence-electron chi connectivity index (χ4n) is 2.78. The number of ketones is 1. The van der Waals surface area contributed by atoms with Gasteiger partial charge in [0.1, 0.15) is 5.78 Å². The molecule has 0 N–H and O–H groups in total. The van der Waals surface area contributed by atoms with Gasteiger partial charge in [0.05, 0.1) is 30.9 Å². The molecule has 2 heterocycles. The summed E-state index contributed by atoms with van der Waals surface area (Å²) in [5.74, 6) is 0.148. The van der Waals surface area contributed by atoms with Crippen LogP contribution in [0.4, 0.5) is 0 Å². The maximum atomic E-state index is 12.1. The summed E-state index contributed by atoms with van der Waals surface area (Å²) in [5.41, 5.74) is 2.95. The van der Waals surface area contributed by atoms with Crippen molar-refractivity contribution in [1.82, 2.24) is 14.5 Å². The Morgan fingerprint density at radius 1 is 1.20 bits per heavy atom. The molecule has 0 radical (unpaired) electrons. The van der Waals surface area contributed by atoms with E-state index in [0.717, 1.165) is 27.7 Å². The molecule has 0 saturated carbocycles. The Hall–Kier alpha value is -2.53. The summed E-state index contributed by atoms with van der Waals surface area (Å²) >= 11 is 0. The number of aromatic nitrogens is 3. The zero-order valence-corrected chi connectivity index (χ0v) is 14.9. The molecule has 0 atom stereocenters. The molecule has 1 aromatic carbocycles. The van der Waals surface area contributed by atoms with E-state index in [2.05, 4.69) is 22.1 Å². The Kier molecular flexibility index (Phi) is 5.24. The summed E-state index contributed by atoms with van der Waals surface area (Å²) in [6.07, 6.45) is 6.38. The maximum Gasteiger partial charge on any atom is 0.141 e. The summed E-state index contributed by atoms with van der Waals surface area (Å²) < 4.78 is 7.43.